The van der Waals surface area contributed by atoms with Crippen LogP contribution in [0.25, 0.3) is 11.1 Å². The molecule has 3 aromatic carbocycles. The first-order valence-electron chi connectivity index (χ1n) is 11.0. The van der Waals surface area contributed by atoms with E-state index in [1.54, 1.807) is 6.07 Å². The Kier molecular flexibility index (Phi) is 7.07. The predicted molar refractivity (Wildman–Crippen MR) is 125 cm³/mol. The van der Waals surface area contributed by atoms with Crippen LogP contribution >= 0.6 is 0 Å². The minimum absolute atomic E-state index is 0.00541. The maximum Gasteiger partial charge on any atom is 0.573 e. The van der Waals surface area contributed by atoms with Crippen molar-refractivity contribution < 1.29 is 32.6 Å². The molecule has 0 unspecified atom stereocenters. The van der Waals surface area contributed by atoms with Crippen molar-refractivity contribution in [2.45, 2.75) is 25.1 Å². The van der Waals surface area contributed by atoms with Crippen LogP contribution in [0.3, 0.4) is 0 Å². The molecule has 1 heterocycles. The summed E-state index contributed by atoms with van der Waals surface area (Å²) >= 11 is 0. The average Bonchev–Trinajstić information content (AvgIpc) is 2.84. The molecule has 0 aromatic heterocycles. The Morgan fingerprint density at radius 1 is 0.886 bits per heavy atom. The number of halogens is 3. The summed E-state index contributed by atoms with van der Waals surface area (Å²) in [7, 11) is 0. The molecule has 0 saturated carbocycles. The van der Waals surface area contributed by atoms with Gasteiger partial charge in [-0.2, -0.15) is 0 Å². The number of carbonyl (C=O) groups is 2. The number of carboxylic acid groups (broad SMARTS) is 1. The lowest BCUT2D eigenvalue weighted by Gasteiger charge is -2.23. The number of nitrogens with one attached hydrogen (secondary N) is 2. The van der Waals surface area contributed by atoms with E-state index in [0.717, 1.165) is 43.6 Å². The van der Waals surface area contributed by atoms with Crippen LogP contribution in [-0.4, -0.2) is 36.4 Å². The normalized spacial score (nSPS) is 14.4. The lowest BCUT2D eigenvalue weighted by molar-refractivity contribution is -0.274. The van der Waals surface area contributed by atoms with Crippen LogP contribution in [0, 0.1) is 0 Å². The van der Waals surface area contributed by atoms with E-state index < -0.39 is 24.0 Å². The maximum atomic E-state index is 12.6. The zero-order chi connectivity index (χ0) is 25.0. The third kappa shape index (κ3) is 6.39. The summed E-state index contributed by atoms with van der Waals surface area (Å²) in [6.45, 7) is 1.96. The number of aromatic carboxylic acids is 1. The standard InChI is InChI=1S/C26H23F3N2O4/c27-26(28,29)35-23-7-5-19(6-8-23)24(32)31-22-14-20(13-21(15-22)25(33)34)17-3-1-16(2-4-17)18-9-11-30-12-10-18/h1-8,13-15,18,30H,9-12H2,(H,31,32)(H,33,34). The molecular weight excluding hydrogens is 461 g/mol. The molecule has 1 saturated heterocycles. The van der Waals surface area contributed by atoms with Gasteiger partial charge in [-0.1, -0.05) is 24.3 Å². The molecule has 0 aliphatic carbocycles. The van der Waals surface area contributed by atoms with Crippen LogP contribution in [0.1, 0.15) is 45.0 Å². The second-order valence-electron chi connectivity index (χ2n) is 8.28. The predicted octanol–water partition coefficient (Wildman–Crippen LogP) is 5.67. The number of anilines is 1. The molecule has 35 heavy (non-hydrogen) atoms. The van der Waals surface area contributed by atoms with Crippen LogP contribution in [0.2, 0.25) is 0 Å². The highest BCUT2D eigenvalue weighted by Gasteiger charge is 2.31. The molecular formula is C26H23F3N2O4. The van der Waals surface area contributed by atoms with E-state index in [1.165, 1.54) is 29.8 Å². The molecule has 0 spiro atoms. The van der Waals surface area contributed by atoms with E-state index >= 15 is 0 Å². The third-order valence-electron chi connectivity index (χ3n) is 5.84. The van der Waals surface area contributed by atoms with Gasteiger partial charge in [-0.25, -0.2) is 4.79 Å². The number of ether oxygens (including phenoxy) is 1. The summed E-state index contributed by atoms with van der Waals surface area (Å²) in [5, 5.41) is 15.5. The molecule has 3 N–H and O–H groups in total. The zero-order valence-corrected chi connectivity index (χ0v) is 18.6. The van der Waals surface area contributed by atoms with Gasteiger partial charge >= 0.3 is 12.3 Å². The second kappa shape index (κ2) is 10.2. The van der Waals surface area contributed by atoms with Gasteiger partial charge in [-0.05, 0) is 91.0 Å². The first-order valence-corrected chi connectivity index (χ1v) is 11.0. The van der Waals surface area contributed by atoms with Gasteiger partial charge in [0.1, 0.15) is 5.75 Å². The summed E-state index contributed by atoms with van der Waals surface area (Å²) in [4.78, 5) is 24.3. The number of carboxylic acids is 1. The molecule has 3 aromatic rings. The molecule has 1 aliphatic rings. The van der Waals surface area contributed by atoms with Gasteiger partial charge in [-0.15, -0.1) is 13.2 Å². The molecule has 1 amide bonds. The van der Waals surface area contributed by atoms with Crippen molar-refractivity contribution in [1.82, 2.24) is 5.32 Å². The molecule has 4 rings (SSSR count). The Balaban J connectivity index is 1.54. The SMILES string of the molecule is O=C(O)c1cc(NC(=O)c2ccc(OC(F)(F)F)cc2)cc(-c2ccc(C3CCNCC3)cc2)c1. The summed E-state index contributed by atoms with van der Waals surface area (Å²) in [5.41, 5.74) is 2.99. The molecule has 1 aliphatic heterocycles. The van der Waals surface area contributed by atoms with E-state index in [4.69, 9.17) is 0 Å². The average molecular weight is 484 g/mol. The van der Waals surface area contributed by atoms with E-state index in [2.05, 4.69) is 15.4 Å². The number of hydrogen-bond donors (Lipinski definition) is 3. The lowest BCUT2D eigenvalue weighted by atomic mass is 9.89. The van der Waals surface area contributed by atoms with Crippen LogP contribution < -0.4 is 15.4 Å². The van der Waals surface area contributed by atoms with Crippen LogP contribution in [-0.2, 0) is 0 Å². The van der Waals surface area contributed by atoms with E-state index in [9.17, 15) is 27.9 Å². The van der Waals surface area contributed by atoms with Crippen molar-refractivity contribution >= 4 is 17.6 Å². The minimum Gasteiger partial charge on any atom is -0.478 e. The molecule has 6 nitrogen and oxygen atoms in total. The third-order valence-corrected chi connectivity index (χ3v) is 5.84. The first-order chi connectivity index (χ1) is 16.7. The number of rotatable bonds is 6. The van der Waals surface area contributed by atoms with Gasteiger partial charge in [0.15, 0.2) is 0 Å². The number of alkyl halides is 3. The summed E-state index contributed by atoms with van der Waals surface area (Å²) in [5.74, 6) is -1.71. The largest absolute Gasteiger partial charge is 0.573 e. The fraction of sp³-hybridized carbons (Fsp3) is 0.231. The van der Waals surface area contributed by atoms with E-state index in [-0.39, 0.29) is 16.8 Å². The topological polar surface area (TPSA) is 87.7 Å². The van der Waals surface area contributed by atoms with Gasteiger partial charge in [0.25, 0.3) is 5.91 Å². The number of amides is 1. The highest BCUT2D eigenvalue weighted by atomic mass is 19.4. The zero-order valence-electron chi connectivity index (χ0n) is 18.6. The molecule has 9 heteroatoms. The fourth-order valence-electron chi connectivity index (χ4n) is 4.10. The van der Waals surface area contributed by atoms with Crippen molar-refractivity contribution in [2.75, 3.05) is 18.4 Å². The summed E-state index contributed by atoms with van der Waals surface area (Å²) < 4.78 is 40.8. The molecule has 0 atom stereocenters. The lowest BCUT2D eigenvalue weighted by Crippen LogP contribution is -2.26. The number of carbonyl (C=O) groups excluding carboxylic acids is 1. The Hall–Kier alpha value is -3.85. The molecule has 0 radical (unpaired) electrons. The van der Waals surface area contributed by atoms with Crippen LogP contribution in [0.4, 0.5) is 18.9 Å². The maximum absolute atomic E-state index is 12.6. The minimum atomic E-state index is -4.83. The molecule has 0 bridgehead atoms. The molecule has 1 fully saturated rings. The van der Waals surface area contributed by atoms with Gasteiger partial charge in [0.05, 0.1) is 5.56 Å². The summed E-state index contributed by atoms with van der Waals surface area (Å²) in [6, 6.07) is 16.9. The van der Waals surface area contributed by atoms with Crippen molar-refractivity contribution in [3.05, 3.63) is 83.4 Å². The monoisotopic (exact) mass is 484 g/mol. The van der Waals surface area contributed by atoms with Crippen molar-refractivity contribution in [3.63, 3.8) is 0 Å². The fourth-order valence-corrected chi connectivity index (χ4v) is 4.10. The Morgan fingerprint density at radius 2 is 1.54 bits per heavy atom. The number of piperidine rings is 1. The van der Waals surface area contributed by atoms with Crippen molar-refractivity contribution in [3.8, 4) is 16.9 Å². The van der Waals surface area contributed by atoms with Gasteiger partial charge in [0.2, 0.25) is 0 Å². The highest BCUT2D eigenvalue weighted by molar-refractivity contribution is 6.05. The van der Waals surface area contributed by atoms with Crippen molar-refractivity contribution in [2.24, 2.45) is 0 Å². The number of benzene rings is 3. The smallest absolute Gasteiger partial charge is 0.478 e. The highest BCUT2D eigenvalue weighted by Crippen LogP contribution is 2.30. The van der Waals surface area contributed by atoms with Crippen molar-refractivity contribution in [1.29, 1.82) is 0 Å². The van der Waals surface area contributed by atoms with Gasteiger partial charge in [0, 0.05) is 11.3 Å². The van der Waals surface area contributed by atoms with Crippen LogP contribution in [0.5, 0.6) is 5.75 Å². The Bertz CT molecular complexity index is 1200. The Morgan fingerprint density at radius 3 is 2.14 bits per heavy atom. The quantitative estimate of drug-likeness (QED) is 0.420. The van der Waals surface area contributed by atoms with Crippen LogP contribution in [0.15, 0.2) is 66.7 Å². The van der Waals surface area contributed by atoms with E-state index in [1.807, 2.05) is 24.3 Å². The molecule has 182 valence electrons. The first kappa shape index (κ1) is 24.3. The van der Waals surface area contributed by atoms with Gasteiger partial charge < -0.3 is 20.5 Å². The van der Waals surface area contributed by atoms with Gasteiger partial charge in [-0.3, -0.25) is 4.79 Å². The summed E-state index contributed by atoms with van der Waals surface area (Å²) in [6.07, 6.45) is -2.70. The number of hydrogen-bond acceptors (Lipinski definition) is 4. The van der Waals surface area contributed by atoms with E-state index in [0.29, 0.717) is 11.5 Å². The second-order valence-corrected chi connectivity index (χ2v) is 8.28. The Labute approximate surface area is 199 Å².